The smallest absolute Gasteiger partial charge is 0.254 e. The van der Waals surface area contributed by atoms with Crippen LogP contribution in [-0.4, -0.2) is 29.5 Å². The number of nitrogens with one attached hydrogen (secondary N) is 2. The van der Waals surface area contributed by atoms with Gasteiger partial charge in [0.1, 0.15) is 5.75 Å². The van der Waals surface area contributed by atoms with E-state index in [1.807, 2.05) is 50.2 Å². The number of carbonyl (C=O) groups excluding carboxylic acids is 1. The van der Waals surface area contributed by atoms with Crippen molar-refractivity contribution >= 4 is 17.5 Å². The first-order valence-corrected chi connectivity index (χ1v) is 9.12. The molecule has 0 saturated heterocycles. The number of aryl methyl sites for hydroxylation is 2. The number of amides is 1. The van der Waals surface area contributed by atoms with Crippen LogP contribution in [0.1, 0.15) is 27.0 Å². The van der Waals surface area contributed by atoms with Crippen LogP contribution >= 0.6 is 0 Å². The summed E-state index contributed by atoms with van der Waals surface area (Å²) in [5.74, 6) is 1.09. The van der Waals surface area contributed by atoms with Crippen molar-refractivity contribution in [2.24, 2.45) is 0 Å². The van der Waals surface area contributed by atoms with Gasteiger partial charge in [-0.15, -0.1) is 0 Å². The average Bonchev–Trinajstić information content (AvgIpc) is 2.68. The lowest BCUT2D eigenvalue weighted by Crippen LogP contribution is -2.26. The molecule has 0 aliphatic carbocycles. The van der Waals surface area contributed by atoms with E-state index in [9.17, 15) is 4.79 Å². The molecule has 2 N–H and O–H groups in total. The molecule has 0 aliphatic rings. The number of hydrogen-bond donors (Lipinski definition) is 2. The zero-order valence-corrected chi connectivity index (χ0v) is 16.3. The summed E-state index contributed by atoms with van der Waals surface area (Å²) in [6.07, 6.45) is 3.80. The highest BCUT2D eigenvalue weighted by atomic mass is 16.5. The first-order valence-electron chi connectivity index (χ1n) is 9.12. The molecular weight excluding hydrogens is 352 g/mol. The Morgan fingerprint density at radius 3 is 2.25 bits per heavy atom. The van der Waals surface area contributed by atoms with E-state index in [1.54, 1.807) is 7.11 Å². The zero-order chi connectivity index (χ0) is 19.9. The number of nitrogens with zero attached hydrogens (tertiary/aromatic N) is 2. The van der Waals surface area contributed by atoms with E-state index in [0.717, 1.165) is 34.5 Å². The molecule has 0 unspecified atom stereocenters. The molecule has 0 radical (unpaired) electrons. The molecule has 1 heterocycles. The van der Waals surface area contributed by atoms with E-state index >= 15 is 0 Å². The molecule has 0 bridgehead atoms. The van der Waals surface area contributed by atoms with Crippen molar-refractivity contribution in [3.05, 3.63) is 77.1 Å². The van der Waals surface area contributed by atoms with Gasteiger partial charge in [-0.3, -0.25) is 4.79 Å². The van der Waals surface area contributed by atoms with Crippen LogP contribution in [-0.2, 0) is 6.42 Å². The molecule has 6 nitrogen and oxygen atoms in total. The molecular formula is C22H24N4O2. The van der Waals surface area contributed by atoms with E-state index < -0.39 is 0 Å². The highest BCUT2D eigenvalue weighted by Crippen LogP contribution is 2.17. The second kappa shape index (κ2) is 8.99. The maximum atomic E-state index is 12.3. The first kappa shape index (κ1) is 19.4. The fourth-order valence-electron chi connectivity index (χ4n) is 2.90. The van der Waals surface area contributed by atoms with Gasteiger partial charge in [-0.1, -0.05) is 18.2 Å². The van der Waals surface area contributed by atoms with Crippen LogP contribution in [0.4, 0.5) is 11.6 Å². The third-order valence-corrected chi connectivity index (χ3v) is 4.25. The van der Waals surface area contributed by atoms with Gasteiger partial charge in [-0.2, -0.15) is 0 Å². The number of carbonyl (C=O) groups is 1. The fraction of sp³-hybridized carbons (Fsp3) is 0.227. The number of rotatable bonds is 7. The van der Waals surface area contributed by atoms with Crippen molar-refractivity contribution in [2.45, 2.75) is 20.3 Å². The molecule has 0 spiro atoms. The molecule has 2 aromatic carbocycles. The average molecular weight is 376 g/mol. The lowest BCUT2D eigenvalue weighted by Gasteiger charge is -2.08. The number of methoxy groups -OCH3 is 1. The van der Waals surface area contributed by atoms with Crippen molar-refractivity contribution < 1.29 is 9.53 Å². The van der Waals surface area contributed by atoms with Crippen LogP contribution in [0.15, 0.2) is 54.9 Å². The molecule has 6 heteroatoms. The molecule has 3 rings (SSSR count). The van der Waals surface area contributed by atoms with Crippen LogP contribution < -0.4 is 15.4 Å². The van der Waals surface area contributed by atoms with Crippen LogP contribution in [0, 0.1) is 13.8 Å². The molecule has 1 amide bonds. The lowest BCUT2D eigenvalue weighted by molar-refractivity contribution is 0.0953. The number of ether oxygens (including phenoxy) is 1. The van der Waals surface area contributed by atoms with Crippen molar-refractivity contribution in [2.75, 3.05) is 19.0 Å². The van der Waals surface area contributed by atoms with E-state index in [1.165, 1.54) is 12.4 Å². The Morgan fingerprint density at radius 1 is 1.00 bits per heavy atom. The van der Waals surface area contributed by atoms with Gasteiger partial charge in [-0.25, -0.2) is 9.97 Å². The van der Waals surface area contributed by atoms with Crippen LogP contribution in [0.2, 0.25) is 0 Å². The molecule has 0 aliphatic heterocycles. The minimum atomic E-state index is -0.188. The maximum absolute atomic E-state index is 12.3. The fourth-order valence-corrected chi connectivity index (χ4v) is 2.90. The summed E-state index contributed by atoms with van der Waals surface area (Å²) in [5.41, 5.74) is 4.81. The molecule has 144 valence electrons. The largest absolute Gasteiger partial charge is 0.497 e. The Hall–Kier alpha value is -3.41. The van der Waals surface area contributed by atoms with Gasteiger partial charge in [0.2, 0.25) is 5.95 Å². The molecule has 3 aromatic rings. The zero-order valence-electron chi connectivity index (χ0n) is 16.3. The third kappa shape index (κ3) is 5.30. The second-order valence-electron chi connectivity index (χ2n) is 6.65. The van der Waals surface area contributed by atoms with Gasteiger partial charge >= 0.3 is 0 Å². The van der Waals surface area contributed by atoms with Gasteiger partial charge in [-0.05, 0) is 61.2 Å². The summed E-state index contributed by atoms with van der Waals surface area (Å²) in [7, 11) is 1.64. The van der Waals surface area contributed by atoms with E-state index in [0.29, 0.717) is 18.1 Å². The summed E-state index contributed by atoms with van der Waals surface area (Å²) in [4.78, 5) is 20.7. The number of anilines is 2. The normalized spacial score (nSPS) is 10.4. The molecule has 0 fully saturated rings. The van der Waals surface area contributed by atoms with E-state index in [4.69, 9.17) is 4.74 Å². The predicted molar refractivity (Wildman–Crippen MR) is 110 cm³/mol. The summed E-state index contributed by atoms with van der Waals surface area (Å²) < 4.78 is 5.14. The van der Waals surface area contributed by atoms with Crippen molar-refractivity contribution in [3.63, 3.8) is 0 Å². The third-order valence-electron chi connectivity index (χ3n) is 4.25. The predicted octanol–water partition coefficient (Wildman–Crippen LogP) is 3.82. The standard InChI is InChI=1S/C22H24N4O2/c1-15-10-16(2)12-19(11-15)26-22-24-13-18(14-25-22)21(27)23-9-8-17-4-6-20(28-3)7-5-17/h4-7,10-14H,8-9H2,1-3H3,(H,23,27)(H,24,25,26). The summed E-state index contributed by atoms with van der Waals surface area (Å²) in [6, 6.07) is 13.9. The SMILES string of the molecule is COc1ccc(CCNC(=O)c2cnc(Nc3cc(C)cc(C)c3)nc2)cc1. The Bertz CT molecular complexity index is 918. The van der Waals surface area contributed by atoms with Gasteiger partial charge in [0.25, 0.3) is 5.91 Å². The van der Waals surface area contributed by atoms with Crippen molar-refractivity contribution in [1.82, 2.24) is 15.3 Å². The number of benzene rings is 2. The number of hydrogen-bond acceptors (Lipinski definition) is 5. The summed E-state index contributed by atoms with van der Waals surface area (Å²) in [5, 5.41) is 6.05. The summed E-state index contributed by atoms with van der Waals surface area (Å²) in [6.45, 7) is 4.62. The Morgan fingerprint density at radius 2 is 1.64 bits per heavy atom. The minimum Gasteiger partial charge on any atom is -0.497 e. The van der Waals surface area contributed by atoms with Gasteiger partial charge in [0.05, 0.1) is 12.7 Å². The van der Waals surface area contributed by atoms with Gasteiger partial charge in [0.15, 0.2) is 0 Å². The molecule has 0 saturated carbocycles. The Balaban J connectivity index is 1.52. The molecule has 0 atom stereocenters. The monoisotopic (exact) mass is 376 g/mol. The topological polar surface area (TPSA) is 76.1 Å². The number of aromatic nitrogens is 2. The minimum absolute atomic E-state index is 0.188. The van der Waals surface area contributed by atoms with Crippen LogP contribution in [0.25, 0.3) is 0 Å². The second-order valence-corrected chi connectivity index (χ2v) is 6.65. The Kier molecular flexibility index (Phi) is 6.22. The van der Waals surface area contributed by atoms with Crippen molar-refractivity contribution in [1.29, 1.82) is 0 Å². The molecule has 28 heavy (non-hydrogen) atoms. The first-order chi connectivity index (χ1) is 13.5. The van der Waals surface area contributed by atoms with E-state index in [2.05, 4.69) is 26.7 Å². The van der Waals surface area contributed by atoms with Crippen LogP contribution in [0.3, 0.4) is 0 Å². The van der Waals surface area contributed by atoms with Gasteiger partial charge < -0.3 is 15.4 Å². The Labute approximate surface area is 165 Å². The lowest BCUT2D eigenvalue weighted by atomic mass is 10.1. The van der Waals surface area contributed by atoms with E-state index in [-0.39, 0.29) is 5.91 Å². The van der Waals surface area contributed by atoms with Crippen LogP contribution in [0.5, 0.6) is 5.75 Å². The van der Waals surface area contributed by atoms with Gasteiger partial charge in [0, 0.05) is 24.6 Å². The highest BCUT2D eigenvalue weighted by molar-refractivity contribution is 5.93. The quantitative estimate of drug-likeness (QED) is 0.656. The van der Waals surface area contributed by atoms with Crippen molar-refractivity contribution in [3.8, 4) is 5.75 Å². The maximum Gasteiger partial charge on any atom is 0.254 e. The summed E-state index contributed by atoms with van der Waals surface area (Å²) >= 11 is 0. The molecule has 1 aromatic heterocycles. The highest BCUT2D eigenvalue weighted by Gasteiger charge is 2.07.